The van der Waals surface area contributed by atoms with Gasteiger partial charge in [0.25, 0.3) is 5.88 Å². The van der Waals surface area contributed by atoms with E-state index in [9.17, 15) is 4.79 Å². The first kappa shape index (κ1) is 17.0. The van der Waals surface area contributed by atoms with Crippen LogP contribution in [-0.4, -0.2) is 30.3 Å². The molecule has 0 spiro atoms. The molecule has 0 saturated heterocycles. The number of carbonyl (C=O) groups excluding carboxylic acids is 1. The van der Waals surface area contributed by atoms with Gasteiger partial charge in [0.05, 0.1) is 14.2 Å². The van der Waals surface area contributed by atoms with Gasteiger partial charge in [0, 0.05) is 28.6 Å². The van der Waals surface area contributed by atoms with Crippen LogP contribution in [-0.2, 0) is 4.74 Å². The summed E-state index contributed by atoms with van der Waals surface area (Å²) < 4.78 is 21.8. The maximum absolute atomic E-state index is 11.5. The highest BCUT2D eigenvalue weighted by molar-refractivity contribution is 7.20. The van der Waals surface area contributed by atoms with Crippen molar-refractivity contribution in [3.63, 3.8) is 0 Å². The SMILES string of the molecule is COC(=O)c1cc(-c2ccc3cc(Oc4ncccc4OC)sc3c2)no1. The molecule has 136 valence electrons. The monoisotopic (exact) mass is 382 g/mol. The topological polar surface area (TPSA) is 83.7 Å². The lowest BCUT2D eigenvalue weighted by atomic mass is 10.1. The predicted molar refractivity (Wildman–Crippen MR) is 99.5 cm³/mol. The van der Waals surface area contributed by atoms with Crippen LogP contribution in [0.15, 0.2) is 53.2 Å². The fraction of sp³-hybridized carbons (Fsp3) is 0.105. The van der Waals surface area contributed by atoms with Crippen molar-refractivity contribution < 1.29 is 23.5 Å². The summed E-state index contributed by atoms with van der Waals surface area (Å²) in [6, 6.07) is 12.9. The molecule has 0 aliphatic carbocycles. The molecular weight excluding hydrogens is 368 g/mol. The standard InChI is InChI=1S/C19H14N2O5S/c1-23-14-4-3-7-20-18(14)25-17-9-12-6-5-11(8-16(12)27-17)13-10-15(26-21-13)19(22)24-2/h3-10H,1-2H3. The van der Waals surface area contributed by atoms with E-state index in [0.29, 0.717) is 22.4 Å². The van der Waals surface area contributed by atoms with E-state index in [1.54, 1.807) is 31.5 Å². The van der Waals surface area contributed by atoms with E-state index in [0.717, 1.165) is 15.6 Å². The molecule has 0 aliphatic heterocycles. The molecular formula is C19H14N2O5S. The van der Waals surface area contributed by atoms with Crippen molar-refractivity contribution in [1.82, 2.24) is 10.1 Å². The Morgan fingerprint density at radius 3 is 2.85 bits per heavy atom. The lowest BCUT2D eigenvalue weighted by Gasteiger charge is -2.05. The van der Waals surface area contributed by atoms with Crippen LogP contribution in [0.4, 0.5) is 0 Å². The van der Waals surface area contributed by atoms with E-state index in [4.69, 9.17) is 14.0 Å². The Balaban J connectivity index is 1.64. The summed E-state index contributed by atoms with van der Waals surface area (Å²) in [6.07, 6.45) is 1.65. The summed E-state index contributed by atoms with van der Waals surface area (Å²) in [4.78, 5) is 15.7. The van der Waals surface area contributed by atoms with E-state index in [1.807, 2.05) is 24.3 Å². The summed E-state index contributed by atoms with van der Waals surface area (Å²) in [5.41, 5.74) is 1.38. The first-order chi connectivity index (χ1) is 13.2. The quantitative estimate of drug-likeness (QED) is 0.469. The minimum atomic E-state index is -0.564. The molecule has 27 heavy (non-hydrogen) atoms. The van der Waals surface area contributed by atoms with Crippen molar-refractivity contribution in [2.75, 3.05) is 14.2 Å². The van der Waals surface area contributed by atoms with Crippen LogP contribution in [0.1, 0.15) is 10.6 Å². The number of carbonyl (C=O) groups is 1. The average Bonchev–Trinajstić information content (AvgIpc) is 3.34. The normalized spacial score (nSPS) is 10.7. The van der Waals surface area contributed by atoms with Crippen LogP contribution in [0.25, 0.3) is 21.3 Å². The van der Waals surface area contributed by atoms with E-state index >= 15 is 0 Å². The second-order valence-corrected chi connectivity index (χ2v) is 6.55. The number of benzene rings is 1. The molecule has 0 fully saturated rings. The van der Waals surface area contributed by atoms with Crippen LogP contribution < -0.4 is 9.47 Å². The van der Waals surface area contributed by atoms with Crippen LogP contribution in [0.5, 0.6) is 16.7 Å². The predicted octanol–water partition coefficient (Wildman–Crippen LogP) is 4.54. The zero-order valence-corrected chi connectivity index (χ0v) is 15.3. The number of pyridine rings is 1. The number of aromatic nitrogens is 2. The van der Waals surface area contributed by atoms with Gasteiger partial charge in [-0.3, -0.25) is 0 Å². The Morgan fingerprint density at radius 2 is 2.04 bits per heavy atom. The minimum Gasteiger partial charge on any atom is -0.491 e. The van der Waals surface area contributed by atoms with E-state index in [2.05, 4.69) is 14.9 Å². The summed E-state index contributed by atoms with van der Waals surface area (Å²) >= 11 is 1.47. The van der Waals surface area contributed by atoms with E-state index in [1.165, 1.54) is 18.4 Å². The van der Waals surface area contributed by atoms with Gasteiger partial charge in [-0.15, -0.1) is 0 Å². The molecule has 4 aromatic rings. The molecule has 0 unspecified atom stereocenters. The summed E-state index contributed by atoms with van der Waals surface area (Å²) in [5, 5.41) is 5.64. The van der Waals surface area contributed by atoms with Crippen LogP contribution in [0, 0.1) is 0 Å². The van der Waals surface area contributed by atoms with E-state index in [-0.39, 0.29) is 5.76 Å². The molecule has 0 radical (unpaired) electrons. The molecule has 7 nitrogen and oxygen atoms in total. The third-order valence-electron chi connectivity index (χ3n) is 3.84. The fourth-order valence-electron chi connectivity index (χ4n) is 2.53. The van der Waals surface area contributed by atoms with Gasteiger partial charge in [-0.05, 0) is 23.6 Å². The largest absolute Gasteiger partial charge is 0.491 e. The summed E-state index contributed by atoms with van der Waals surface area (Å²) in [7, 11) is 2.86. The van der Waals surface area contributed by atoms with Crippen LogP contribution in [0.3, 0.4) is 0 Å². The number of esters is 1. The Morgan fingerprint density at radius 1 is 1.15 bits per heavy atom. The second kappa shape index (κ2) is 7.08. The number of rotatable bonds is 5. The van der Waals surface area contributed by atoms with Gasteiger partial charge < -0.3 is 18.7 Å². The molecule has 0 amide bonds. The van der Waals surface area contributed by atoms with Gasteiger partial charge in [0.1, 0.15) is 5.69 Å². The number of thiophene rings is 1. The van der Waals surface area contributed by atoms with Crippen LogP contribution in [0.2, 0.25) is 0 Å². The molecule has 3 aromatic heterocycles. The smallest absolute Gasteiger partial charge is 0.376 e. The number of hydrogen-bond acceptors (Lipinski definition) is 8. The molecule has 0 atom stereocenters. The Bertz CT molecular complexity index is 1120. The molecule has 1 aromatic carbocycles. The number of methoxy groups -OCH3 is 2. The Kier molecular flexibility index (Phi) is 4.47. The summed E-state index contributed by atoms with van der Waals surface area (Å²) in [5.74, 6) is 0.468. The molecule has 8 heteroatoms. The van der Waals surface area contributed by atoms with Crippen molar-refractivity contribution in [1.29, 1.82) is 0 Å². The minimum absolute atomic E-state index is 0.0602. The highest BCUT2D eigenvalue weighted by Gasteiger charge is 2.15. The third-order valence-corrected chi connectivity index (χ3v) is 4.82. The third kappa shape index (κ3) is 3.34. The highest BCUT2D eigenvalue weighted by Crippen LogP contribution is 2.38. The molecule has 3 heterocycles. The van der Waals surface area contributed by atoms with Gasteiger partial charge in [-0.25, -0.2) is 9.78 Å². The highest BCUT2D eigenvalue weighted by atomic mass is 32.1. The van der Waals surface area contributed by atoms with Gasteiger partial charge in [-0.1, -0.05) is 28.6 Å². The first-order valence-corrected chi connectivity index (χ1v) is 8.75. The maximum atomic E-state index is 11.5. The molecule has 0 N–H and O–H groups in total. The van der Waals surface area contributed by atoms with Crippen molar-refractivity contribution >= 4 is 27.4 Å². The van der Waals surface area contributed by atoms with Crippen molar-refractivity contribution in [3.05, 3.63) is 54.4 Å². The molecule has 0 saturated carbocycles. The molecule has 0 bridgehead atoms. The van der Waals surface area contributed by atoms with Gasteiger partial charge in [0.2, 0.25) is 5.76 Å². The maximum Gasteiger partial charge on any atom is 0.376 e. The van der Waals surface area contributed by atoms with Gasteiger partial charge >= 0.3 is 5.97 Å². The molecule has 4 rings (SSSR count). The average molecular weight is 382 g/mol. The second-order valence-electron chi connectivity index (χ2n) is 5.50. The Hall–Kier alpha value is -3.39. The summed E-state index contributed by atoms with van der Waals surface area (Å²) in [6.45, 7) is 0. The lowest BCUT2D eigenvalue weighted by Crippen LogP contribution is -1.98. The zero-order valence-electron chi connectivity index (χ0n) is 14.5. The fourth-order valence-corrected chi connectivity index (χ4v) is 3.48. The van der Waals surface area contributed by atoms with E-state index < -0.39 is 5.97 Å². The zero-order chi connectivity index (χ0) is 18.8. The van der Waals surface area contributed by atoms with Gasteiger partial charge in [-0.2, -0.15) is 0 Å². The molecule has 0 aliphatic rings. The number of ether oxygens (including phenoxy) is 3. The number of fused-ring (bicyclic) bond motifs is 1. The Labute approximate surface area is 158 Å². The van der Waals surface area contributed by atoms with Gasteiger partial charge in [0.15, 0.2) is 10.8 Å². The van der Waals surface area contributed by atoms with Crippen molar-refractivity contribution in [2.24, 2.45) is 0 Å². The number of nitrogens with zero attached hydrogens (tertiary/aromatic N) is 2. The lowest BCUT2D eigenvalue weighted by molar-refractivity contribution is 0.0554. The van der Waals surface area contributed by atoms with Crippen molar-refractivity contribution in [3.8, 4) is 28.0 Å². The van der Waals surface area contributed by atoms with Crippen LogP contribution >= 0.6 is 11.3 Å². The van der Waals surface area contributed by atoms with Crippen molar-refractivity contribution in [2.45, 2.75) is 0 Å². The number of hydrogen-bond donors (Lipinski definition) is 0. The first-order valence-electron chi connectivity index (χ1n) is 7.94.